The molecule has 4 nitrogen and oxygen atoms in total. The van der Waals surface area contributed by atoms with E-state index >= 15 is 0 Å². The van der Waals surface area contributed by atoms with Gasteiger partial charge < -0.3 is 10.6 Å². The lowest BCUT2D eigenvalue weighted by Crippen LogP contribution is -2.32. The van der Waals surface area contributed by atoms with Crippen molar-refractivity contribution in [1.29, 1.82) is 0 Å². The quantitative estimate of drug-likeness (QED) is 0.842. The van der Waals surface area contributed by atoms with Crippen LogP contribution in [0.2, 0.25) is 0 Å². The summed E-state index contributed by atoms with van der Waals surface area (Å²) in [5.41, 5.74) is 7.96. The largest absolute Gasteiger partial charge is 0.399 e. The van der Waals surface area contributed by atoms with Crippen LogP contribution in [-0.2, 0) is 6.54 Å². The minimum atomic E-state index is -0.0771. The van der Waals surface area contributed by atoms with Crippen molar-refractivity contribution >= 4 is 27.5 Å². The SMILES string of the molecule is CCCN(Cc1cccc(N)c1)C(=O)c1ncccc1Br. The molecular formula is C16H18BrN3O. The van der Waals surface area contributed by atoms with Gasteiger partial charge >= 0.3 is 0 Å². The van der Waals surface area contributed by atoms with Gasteiger partial charge in [-0.25, -0.2) is 4.98 Å². The Labute approximate surface area is 133 Å². The molecule has 110 valence electrons. The Morgan fingerprint density at radius 3 is 2.81 bits per heavy atom. The first-order valence-corrected chi connectivity index (χ1v) is 7.65. The number of hydrogen-bond acceptors (Lipinski definition) is 3. The maximum atomic E-state index is 12.6. The van der Waals surface area contributed by atoms with Crippen LogP contribution >= 0.6 is 15.9 Å². The van der Waals surface area contributed by atoms with Gasteiger partial charge in [0, 0.05) is 29.4 Å². The molecule has 0 unspecified atom stereocenters. The molecule has 2 N–H and O–H groups in total. The lowest BCUT2D eigenvalue weighted by atomic mass is 10.1. The van der Waals surface area contributed by atoms with Crippen molar-refractivity contribution in [3.8, 4) is 0 Å². The van der Waals surface area contributed by atoms with Crippen LogP contribution in [-0.4, -0.2) is 22.3 Å². The third kappa shape index (κ3) is 4.04. The number of nitrogens with two attached hydrogens (primary N) is 1. The van der Waals surface area contributed by atoms with E-state index in [0.717, 1.165) is 12.0 Å². The Hall–Kier alpha value is -1.88. The summed E-state index contributed by atoms with van der Waals surface area (Å²) < 4.78 is 0.712. The predicted octanol–water partition coefficient (Wildman–Crippen LogP) is 3.48. The number of rotatable bonds is 5. The molecule has 0 spiro atoms. The first-order valence-electron chi connectivity index (χ1n) is 6.86. The monoisotopic (exact) mass is 347 g/mol. The maximum absolute atomic E-state index is 12.6. The minimum absolute atomic E-state index is 0.0771. The summed E-state index contributed by atoms with van der Waals surface area (Å²) in [6.07, 6.45) is 2.52. The Balaban J connectivity index is 2.22. The average Bonchev–Trinajstić information content (AvgIpc) is 2.47. The first-order chi connectivity index (χ1) is 10.1. The van der Waals surface area contributed by atoms with Crippen LogP contribution in [0.25, 0.3) is 0 Å². The number of nitrogens with zero attached hydrogens (tertiary/aromatic N) is 2. The molecule has 5 heteroatoms. The maximum Gasteiger partial charge on any atom is 0.273 e. The zero-order valence-electron chi connectivity index (χ0n) is 11.9. The molecule has 0 radical (unpaired) electrons. The fraction of sp³-hybridized carbons (Fsp3) is 0.250. The van der Waals surface area contributed by atoms with Crippen LogP contribution in [0.5, 0.6) is 0 Å². The number of benzene rings is 1. The second kappa shape index (κ2) is 7.22. The number of aromatic nitrogens is 1. The van der Waals surface area contributed by atoms with E-state index in [0.29, 0.717) is 28.9 Å². The van der Waals surface area contributed by atoms with Gasteiger partial charge in [0.2, 0.25) is 0 Å². The summed E-state index contributed by atoms with van der Waals surface area (Å²) in [5, 5.41) is 0. The van der Waals surface area contributed by atoms with E-state index in [-0.39, 0.29) is 5.91 Å². The van der Waals surface area contributed by atoms with Crippen molar-refractivity contribution in [2.75, 3.05) is 12.3 Å². The second-order valence-corrected chi connectivity index (χ2v) is 5.66. The number of anilines is 1. The van der Waals surface area contributed by atoms with E-state index in [2.05, 4.69) is 20.9 Å². The number of hydrogen-bond donors (Lipinski definition) is 1. The zero-order valence-corrected chi connectivity index (χ0v) is 13.5. The third-order valence-electron chi connectivity index (χ3n) is 3.07. The molecule has 2 aromatic rings. The van der Waals surface area contributed by atoms with Crippen molar-refractivity contribution in [2.45, 2.75) is 19.9 Å². The highest BCUT2D eigenvalue weighted by molar-refractivity contribution is 9.10. The van der Waals surface area contributed by atoms with Crippen LogP contribution in [0.4, 0.5) is 5.69 Å². The van der Waals surface area contributed by atoms with Gasteiger partial charge in [-0.1, -0.05) is 19.1 Å². The van der Waals surface area contributed by atoms with Crippen molar-refractivity contribution in [1.82, 2.24) is 9.88 Å². The highest BCUT2D eigenvalue weighted by atomic mass is 79.9. The van der Waals surface area contributed by atoms with Gasteiger partial charge in [0.05, 0.1) is 0 Å². The van der Waals surface area contributed by atoms with E-state index in [4.69, 9.17) is 5.73 Å². The number of carbonyl (C=O) groups excluding carboxylic acids is 1. The molecule has 0 aliphatic heterocycles. The molecule has 0 atom stereocenters. The van der Waals surface area contributed by atoms with E-state index in [1.165, 1.54) is 0 Å². The molecule has 1 amide bonds. The van der Waals surface area contributed by atoms with E-state index < -0.39 is 0 Å². The number of amides is 1. The summed E-state index contributed by atoms with van der Waals surface area (Å²) in [5.74, 6) is -0.0771. The van der Waals surface area contributed by atoms with Crippen LogP contribution in [0.15, 0.2) is 47.1 Å². The molecule has 1 heterocycles. The van der Waals surface area contributed by atoms with Crippen molar-refractivity contribution in [3.63, 3.8) is 0 Å². The van der Waals surface area contributed by atoms with Gasteiger partial charge in [-0.15, -0.1) is 0 Å². The fourth-order valence-electron chi connectivity index (χ4n) is 2.13. The number of halogens is 1. The number of pyridine rings is 1. The molecular weight excluding hydrogens is 330 g/mol. The summed E-state index contributed by atoms with van der Waals surface area (Å²) in [4.78, 5) is 18.6. The van der Waals surface area contributed by atoms with Gasteiger partial charge in [-0.05, 0) is 52.2 Å². The molecule has 0 fully saturated rings. The summed E-state index contributed by atoms with van der Waals surface area (Å²) in [7, 11) is 0. The molecule has 0 aliphatic carbocycles. The molecule has 1 aromatic heterocycles. The Morgan fingerprint density at radius 1 is 1.33 bits per heavy atom. The molecule has 0 saturated heterocycles. The minimum Gasteiger partial charge on any atom is -0.399 e. The first kappa shape index (κ1) is 15.5. The van der Waals surface area contributed by atoms with Crippen LogP contribution in [0.1, 0.15) is 29.4 Å². The fourth-order valence-corrected chi connectivity index (χ4v) is 2.55. The Kier molecular flexibility index (Phi) is 5.33. The summed E-state index contributed by atoms with van der Waals surface area (Å²) >= 11 is 3.38. The predicted molar refractivity (Wildman–Crippen MR) is 87.8 cm³/mol. The van der Waals surface area contributed by atoms with E-state index in [1.807, 2.05) is 37.3 Å². The lowest BCUT2D eigenvalue weighted by Gasteiger charge is -2.22. The van der Waals surface area contributed by atoms with E-state index in [1.54, 1.807) is 17.2 Å². The van der Waals surface area contributed by atoms with Gasteiger partial charge in [0.25, 0.3) is 5.91 Å². The lowest BCUT2D eigenvalue weighted by molar-refractivity contribution is 0.0736. The van der Waals surface area contributed by atoms with Crippen LogP contribution in [0, 0.1) is 0 Å². The topological polar surface area (TPSA) is 59.2 Å². The van der Waals surface area contributed by atoms with Crippen molar-refractivity contribution in [3.05, 3.63) is 58.3 Å². The third-order valence-corrected chi connectivity index (χ3v) is 3.71. The van der Waals surface area contributed by atoms with Crippen LogP contribution in [0.3, 0.4) is 0 Å². The van der Waals surface area contributed by atoms with Gasteiger partial charge in [0.1, 0.15) is 5.69 Å². The smallest absolute Gasteiger partial charge is 0.273 e. The summed E-state index contributed by atoms with van der Waals surface area (Å²) in [6.45, 7) is 3.25. The molecule has 0 aliphatic rings. The molecule has 0 bridgehead atoms. The van der Waals surface area contributed by atoms with E-state index in [9.17, 15) is 4.79 Å². The second-order valence-electron chi connectivity index (χ2n) is 4.81. The van der Waals surface area contributed by atoms with Gasteiger partial charge in [-0.3, -0.25) is 4.79 Å². The van der Waals surface area contributed by atoms with Crippen molar-refractivity contribution in [2.24, 2.45) is 0 Å². The molecule has 1 aromatic carbocycles. The Bertz CT molecular complexity index is 630. The van der Waals surface area contributed by atoms with Crippen LogP contribution < -0.4 is 5.73 Å². The zero-order chi connectivity index (χ0) is 15.2. The average molecular weight is 348 g/mol. The van der Waals surface area contributed by atoms with Gasteiger partial charge in [-0.2, -0.15) is 0 Å². The van der Waals surface area contributed by atoms with Gasteiger partial charge in [0.15, 0.2) is 0 Å². The Morgan fingerprint density at radius 2 is 2.14 bits per heavy atom. The highest BCUT2D eigenvalue weighted by Crippen LogP contribution is 2.18. The van der Waals surface area contributed by atoms with Crippen molar-refractivity contribution < 1.29 is 4.79 Å². The highest BCUT2D eigenvalue weighted by Gasteiger charge is 2.19. The standard InChI is InChI=1S/C16H18BrN3O/c1-2-9-20(11-12-5-3-6-13(18)10-12)16(21)15-14(17)7-4-8-19-15/h3-8,10H,2,9,11,18H2,1H3. The number of carbonyl (C=O) groups is 1. The summed E-state index contributed by atoms with van der Waals surface area (Å²) in [6, 6.07) is 11.2. The molecule has 0 saturated carbocycles. The molecule has 2 rings (SSSR count). The molecule has 21 heavy (non-hydrogen) atoms. The number of nitrogen functional groups attached to an aromatic ring is 1. The normalized spacial score (nSPS) is 10.4.